The first-order valence-electron chi connectivity index (χ1n) is 6.36. The lowest BCUT2D eigenvalue weighted by Gasteiger charge is -2.22. The van der Waals surface area contributed by atoms with Gasteiger partial charge in [0, 0.05) is 19.3 Å². The maximum absolute atomic E-state index is 12.0. The molecule has 0 unspecified atom stereocenters. The summed E-state index contributed by atoms with van der Waals surface area (Å²) in [5, 5.41) is 5.62. The van der Waals surface area contributed by atoms with Gasteiger partial charge in [0.1, 0.15) is 11.5 Å². The van der Waals surface area contributed by atoms with E-state index < -0.39 is 14.6 Å². The van der Waals surface area contributed by atoms with Crippen molar-refractivity contribution in [1.29, 1.82) is 0 Å². The molecule has 1 heterocycles. The quantitative estimate of drug-likeness (QED) is 0.820. The lowest BCUT2D eigenvalue weighted by atomic mass is 10.2. The second kappa shape index (κ2) is 6.21. The van der Waals surface area contributed by atoms with E-state index in [-0.39, 0.29) is 18.1 Å². The second-order valence-electron chi connectivity index (χ2n) is 5.15. The molecule has 0 spiro atoms. The van der Waals surface area contributed by atoms with E-state index in [1.807, 2.05) is 6.92 Å². The number of carbonyl (C=O) groups is 1. The Morgan fingerprint density at radius 3 is 2.55 bits per heavy atom. The van der Waals surface area contributed by atoms with Crippen LogP contribution in [0.5, 0.6) is 0 Å². The molecule has 0 saturated heterocycles. The van der Waals surface area contributed by atoms with Crippen molar-refractivity contribution in [2.24, 2.45) is 0 Å². The fourth-order valence-electron chi connectivity index (χ4n) is 1.36. The SMILES string of the molecule is CCNc1cccc(C(=O)NCC(C)(C)S(C)(=O)=O)n1. The summed E-state index contributed by atoms with van der Waals surface area (Å²) in [4.78, 5) is 16.1. The number of anilines is 1. The summed E-state index contributed by atoms with van der Waals surface area (Å²) in [6, 6.07) is 5.08. The Balaban J connectivity index is 2.75. The molecule has 1 aromatic heterocycles. The number of nitrogens with one attached hydrogen (secondary N) is 2. The van der Waals surface area contributed by atoms with Gasteiger partial charge in [-0.05, 0) is 32.9 Å². The largest absolute Gasteiger partial charge is 0.370 e. The Kier molecular flexibility index (Phi) is 5.10. The van der Waals surface area contributed by atoms with Crippen molar-refractivity contribution in [2.45, 2.75) is 25.5 Å². The summed E-state index contributed by atoms with van der Waals surface area (Å²) >= 11 is 0. The monoisotopic (exact) mass is 299 g/mol. The van der Waals surface area contributed by atoms with E-state index in [4.69, 9.17) is 0 Å². The molecule has 2 N–H and O–H groups in total. The molecule has 20 heavy (non-hydrogen) atoms. The topological polar surface area (TPSA) is 88.2 Å². The molecule has 7 heteroatoms. The molecule has 1 amide bonds. The average molecular weight is 299 g/mol. The van der Waals surface area contributed by atoms with Crippen molar-refractivity contribution in [3.63, 3.8) is 0 Å². The lowest BCUT2D eigenvalue weighted by molar-refractivity contribution is 0.0945. The molecule has 6 nitrogen and oxygen atoms in total. The van der Waals surface area contributed by atoms with Crippen LogP contribution in [0, 0.1) is 0 Å². The number of carbonyl (C=O) groups excluding carboxylic acids is 1. The van der Waals surface area contributed by atoms with Gasteiger partial charge in [0.05, 0.1) is 4.75 Å². The van der Waals surface area contributed by atoms with E-state index >= 15 is 0 Å². The van der Waals surface area contributed by atoms with Gasteiger partial charge in [-0.2, -0.15) is 0 Å². The van der Waals surface area contributed by atoms with E-state index in [9.17, 15) is 13.2 Å². The van der Waals surface area contributed by atoms with Crippen LogP contribution in [0.2, 0.25) is 0 Å². The molecule has 0 bridgehead atoms. The smallest absolute Gasteiger partial charge is 0.270 e. The fourth-order valence-corrected chi connectivity index (χ4v) is 1.69. The zero-order valence-corrected chi connectivity index (χ0v) is 13.0. The van der Waals surface area contributed by atoms with Crippen LogP contribution in [0.4, 0.5) is 5.82 Å². The van der Waals surface area contributed by atoms with E-state index in [1.165, 1.54) is 0 Å². The molecule has 0 aliphatic rings. The van der Waals surface area contributed by atoms with Gasteiger partial charge in [-0.15, -0.1) is 0 Å². The van der Waals surface area contributed by atoms with E-state index in [1.54, 1.807) is 32.0 Å². The number of rotatable bonds is 6. The number of pyridine rings is 1. The molecule has 0 radical (unpaired) electrons. The van der Waals surface area contributed by atoms with Gasteiger partial charge in [0.2, 0.25) is 0 Å². The van der Waals surface area contributed by atoms with Crippen LogP contribution in [0.15, 0.2) is 18.2 Å². The first-order chi connectivity index (χ1) is 9.17. The molecular weight excluding hydrogens is 278 g/mol. The predicted octanol–water partition coefficient (Wildman–Crippen LogP) is 1.07. The van der Waals surface area contributed by atoms with E-state index in [2.05, 4.69) is 15.6 Å². The van der Waals surface area contributed by atoms with Gasteiger partial charge in [0.25, 0.3) is 5.91 Å². The zero-order valence-electron chi connectivity index (χ0n) is 12.2. The minimum atomic E-state index is -3.24. The summed E-state index contributed by atoms with van der Waals surface area (Å²) in [5.41, 5.74) is 0.257. The number of hydrogen-bond donors (Lipinski definition) is 2. The molecule has 0 fully saturated rings. The van der Waals surface area contributed by atoms with Gasteiger partial charge < -0.3 is 10.6 Å². The number of amides is 1. The van der Waals surface area contributed by atoms with Crippen LogP contribution >= 0.6 is 0 Å². The lowest BCUT2D eigenvalue weighted by Crippen LogP contribution is -2.43. The number of hydrogen-bond acceptors (Lipinski definition) is 5. The number of sulfone groups is 1. The molecule has 0 aliphatic carbocycles. The van der Waals surface area contributed by atoms with Crippen LogP contribution in [0.25, 0.3) is 0 Å². The summed E-state index contributed by atoms with van der Waals surface area (Å²) in [5.74, 6) is 0.226. The third kappa shape index (κ3) is 4.19. The van der Waals surface area contributed by atoms with Gasteiger partial charge in [-0.1, -0.05) is 6.07 Å². The minimum Gasteiger partial charge on any atom is -0.370 e. The first kappa shape index (κ1) is 16.4. The molecule has 0 saturated carbocycles. The highest BCUT2D eigenvalue weighted by atomic mass is 32.2. The number of nitrogens with zero attached hydrogens (tertiary/aromatic N) is 1. The van der Waals surface area contributed by atoms with Crippen molar-refractivity contribution in [3.05, 3.63) is 23.9 Å². The molecule has 1 aromatic rings. The van der Waals surface area contributed by atoms with Crippen LogP contribution in [0.3, 0.4) is 0 Å². The van der Waals surface area contributed by atoms with Gasteiger partial charge in [-0.25, -0.2) is 13.4 Å². The molecule has 0 atom stereocenters. The van der Waals surface area contributed by atoms with E-state index in [0.29, 0.717) is 12.4 Å². The summed E-state index contributed by atoms with van der Waals surface area (Å²) < 4.78 is 22.1. The standard InChI is InChI=1S/C13H21N3O3S/c1-5-14-11-8-6-7-10(16-11)12(17)15-9-13(2,3)20(4,18)19/h6-8H,5,9H2,1-4H3,(H,14,16)(H,15,17). The minimum absolute atomic E-state index is 0.0395. The molecule has 0 aliphatic heterocycles. The predicted molar refractivity (Wildman–Crippen MR) is 79.7 cm³/mol. The third-order valence-electron chi connectivity index (χ3n) is 3.02. The Hall–Kier alpha value is -1.63. The Bertz CT molecular complexity index is 582. The maximum Gasteiger partial charge on any atom is 0.270 e. The van der Waals surface area contributed by atoms with Crippen LogP contribution in [-0.2, 0) is 9.84 Å². The van der Waals surface area contributed by atoms with Crippen molar-refractivity contribution in [3.8, 4) is 0 Å². The molecule has 0 aromatic carbocycles. The van der Waals surface area contributed by atoms with Gasteiger partial charge in [0.15, 0.2) is 9.84 Å². The Morgan fingerprint density at radius 1 is 1.35 bits per heavy atom. The zero-order chi connectivity index (χ0) is 15.4. The van der Waals surface area contributed by atoms with E-state index in [0.717, 1.165) is 6.26 Å². The Morgan fingerprint density at radius 2 is 2.00 bits per heavy atom. The van der Waals surface area contributed by atoms with Crippen molar-refractivity contribution < 1.29 is 13.2 Å². The van der Waals surface area contributed by atoms with Crippen LogP contribution < -0.4 is 10.6 Å². The highest BCUT2D eigenvalue weighted by Gasteiger charge is 2.30. The Labute approximate surface area is 119 Å². The summed E-state index contributed by atoms with van der Waals surface area (Å²) in [7, 11) is -3.24. The van der Waals surface area contributed by atoms with Crippen LogP contribution in [0.1, 0.15) is 31.3 Å². The highest BCUT2D eigenvalue weighted by molar-refractivity contribution is 7.92. The fraction of sp³-hybridized carbons (Fsp3) is 0.538. The molecular formula is C13H21N3O3S. The normalized spacial score (nSPS) is 12.0. The van der Waals surface area contributed by atoms with Crippen molar-refractivity contribution in [1.82, 2.24) is 10.3 Å². The second-order valence-corrected chi connectivity index (χ2v) is 7.80. The summed E-state index contributed by atoms with van der Waals surface area (Å²) in [6.45, 7) is 5.83. The van der Waals surface area contributed by atoms with Crippen molar-refractivity contribution >= 4 is 21.6 Å². The average Bonchev–Trinajstić information content (AvgIpc) is 2.35. The third-order valence-corrected chi connectivity index (χ3v) is 5.17. The van der Waals surface area contributed by atoms with Gasteiger partial charge in [-0.3, -0.25) is 4.79 Å². The highest BCUT2D eigenvalue weighted by Crippen LogP contribution is 2.13. The number of aromatic nitrogens is 1. The molecule has 112 valence electrons. The summed E-state index contributed by atoms with van der Waals surface area (Å²) in [6.07, 6.45) is 1.16. The first-order valence-corrected chi connectivity index (χ1v) is 8.25. The van der Waals surface area contributed by atoms with Gasteiger partial charge >= 0.3 is 0 Å². The van der Waals surface area contributed by atoms with Crippen LogP contribution in [-0.4, -0.2) is 43.4 Å². The van der Waals surface area contributed by atoms with Crippen molar-refractivity contribution in [2.75, 3.05) is 24.7 Å². The molecule has 1 rings (SSSR count). The maximum atomic E-state index is 12.0.